The lowest BCUT2D eigenvalue weighted by Crippen LogP contribution is -2.17. The molecule has 0 bridgehead atoms. The molecule has 0 radical (unpaired) electrons. The summed E-state index contributed by atoms with van der Waals surface area (Å²) in [6.07, 6.45) is 1.16. The van der Waals surface area contributed by atoms with E-state index < -0.39 is 0 Å². The summed E-state index contributed by atoms with van der Waals surface area (Å²) in [6, 6.07) is 13.6. The standard InChI is InChI=1S/C21H19N3O3/c1-4-19(25)22-15-7-5-6-14(11-15)21(27)23-16-8-9-18-17(12-16)13(2)10-20(26)24(18)3/h4-12H,1H2,2-3H3,(H,22,25)(H,23,27). The van der Waals surface area contributed by atoms with E-state index in [4.69, 9.17) is 0 Å². The Hall–Kier alpha value is -3.67. The van der Waals surface area contributed by atoms with Gasteiger partial charge in [-0.25, -0.2) is 0 Å². The lowest BCUT2D eigenvalue weighted by Gasteiger charge is -2.11. The fourth-order valence-electron chi connectivity index (χ4n) is 2.84. The van der Waals surface area contributed by atoms with Crippen molar-refractivity contribution in [3.8, 4) is 0 Å². The Bertz CT molecular complexity index is 1130. The van der Waals surface area contributed by atoms with E-state index in [0.29, 0.717) is 16.9 Å². The molecular weight excluding hydrogens is 342 g/mol. The molecule has 2 aromatic carbocycles. The molecular formula is C21H19N3O3. The van der Waals surface area contributed by atoms with Crippen molar-refractivity contribution >= 4 is 34.1 Å². The Morgan fingerprint density at radius 3 is 2.52 bits per heavy atom. The van der Waals surface area contributed by atoms with Gasteiger partial charge >= 0.3 is 0 Å². The second kappa shape index (κ2) is 7.29. The van der Waals surface area contributed by atoms with Crippen LogP contribution in [0.1, 0.15) is 15.9 Å². The molecule has 0 spiro atoms. The first-order valence-electron chi connectivity index (χ1n) is 8.34. The number of hydrogen-bond acceptors (Lipinski definition) is 3. The first-order chi connectivity index (χ1) is 12.9. The monoisotopic (exact) mass is 361 g/mol. The van der Waals surface area contributed by atoms with Crippen LogP contribution in [0, 0.1) is 6.92 Å². The number of benzene rings is 2. The molecule has 0 atom stereocenters. The third-order valence-electron chi connectivity index (χ3n) is 4.29. The molecule has 0 unspecified atom stereocenters. The molecule has 6 heteroatoms. The second-order valence-corrected chi connectivity index (χ2v) is 6.18. The smallest absolute Gasteiger partial charge is 0.255 e. The van der Waals surface area contributed by atoms with Gasteiger partial charge in [0.1, 0.15) is 0 Å². The number of aromatic nitrogens is 1. The van der Waals surface area contributed by atoms with Crippen LogP contribution in [0.4, 0.5) is 11.4 Å². The van der Waals surface area contributed by atoms with Gasteiger partial charge in [-0.3, -0.25) is 14.4 Å². The molecule has 0 fully saturated rings. The minimum Gasteiger partial charge on any atom is -0.323 e. The third-order valence-corrected chi connectivity index (χ3v) is 4.29. The Kier molecular flexibility index (Phi) is 4.90. The van der Waals surface area contributed by atoms with E-state index in [1.807, 2.05) is 13.0 Å². The zero-order valence-corrected chi connectivity index (χ0v) is 15.1. The first-order valence-corrected chi connectivity index (χ1v) is 8.34. The largest absolute Gasteiger partial charge is 0.323 e. The SMILES string of the molecule is C=CC(=O)Nc1cccc(C(=O)Nc2ccc3c(c2)c(C)cc(=O)n3C)c1. The third kappa shape index (κ3) is 3.79. The molecule has 3 aromatic rings. The number of rotatable bonds is 4. The number of nitrogens with one attached hydrogen (secondary N) is 2. The lowest BCUT2D eigenvalue weighted by atomic mass is 10.1. The highest BCUT2D eigenvalue weighted by molar-refractivity contribution is 6.06. The quantitative estimate of drug-likeness (QED) is 0.700. The van der Waals surface area contributed by atoms with Crippen molar-refractivity contribution < 1.29 is 9.59 Å². The molecule has 136 valence electrons. The van der Waals surface area contributed by atoms with Gasteiger partial charge in [-0.2, -0.15) is 0 Å². The molecule has 0 aliphatic carbocycles. The highest BCUT2D eigenvalue weighted by Crippen LogP contribution is 2.21. The molecule has 1 aromatic heterocycles. The maximum Gasteiger partial charge on any atom is 0.255 e. The van der Waals surface area contributed by atoms with Crippen LogP contribution >= 0.6 is 0 Å². The van der Waals surface area contributed by atoms with Gasteiger partial charge in [0.25, 0.3) is 11.5 Å². The fourth-order valence-corrected chi connectivity index (χ4v) is 2.84. The van der Waals surface area contributed by atoms with E-state index in [1.54, 1.807) is 54.1 Å². The lowest BCUT2D eigenvalue weighted by molar-refractivity contribution is -0.111. The maximum atomic E-state index is 12.6. The van der Waals surface area contributed by atoms with Crippen LogP contribution in [0.2, 0.25) is 0 Å². The topological polar surface area (TPSA) is 80.2 Å². The highest BCUT2D eigenvalue weighted by Gasteiger charge is 2.10. The van der Waals surface area contributed by atoms with E-state index in [9.17, 15) is 14.4 Å². The normalized spacial score (nSPS) is 10.4. The molecule has 0 aliphatic rings. The summed E-state index contributed by atoms with van der Waals surface area (Å²) < 4.78 is 1.57. The number of aryl methyl sites for hydroxylation is 2. The summed E-state index contributed by atoms with van der Waals surface area (Å²) in [5, 5.41) is 6.36. The maximum absolute atomic E-state index is 12.6. The van der Waals surface area contributed by atoms with E-state index in [-0.39, 0.29) is 17.4 Å². The Labute approximate surface area is 156 Å². The molecule has 0 aliphatic heterocycles. The van der Waals surface area contributed by atoms with Gasteiger partial charge < -0.3 is 15.2 Å². The molecule has 6 nitrogen and oxygen atoms in total. The molecule has 0 saturated carbocycles. The molecule has 2 N–H and O–H groups in total. The summed E-state index contributed by atoms with van der Waals surface area (Å²) in [5.41, 5.74) is 3.11. The van der Waals surface area contributed by atoms with Crippen LogP contribution in [0.25, 0.3) is 10.9 Å². The van der Waals surface area contributed by atoms with E-state index in [0.717, 1.165) is 22.5 Å². The van der Waals surface area contributed by atoms with Crippen LogP contribution in [0.3, 0.4) is 0 Å². The van der Waals surface area contributed by atoms with Gasteiger partial charge in [0, 0.05) is 35.4 Å². The number of anilines is 2. The molecule has 2 amide bonds. The zero-order valence-electron chi connectivity index (χ0n) is 15.1. The highest BCUT2D eigenvalue weighted by atomic mass is 16.2. The Morgan fingerprint density at radius 1 is 1.04 bits per heavy atom. The van der Waals surface area contributed by atoms with Crippen molar-refractivity contribution in [3.05, 3.63) is 82.7 Å². The van der Waals surface area contributed by atoms with Crippen LogP contribution in [-0.2, 0) is 11.8 Å². The van der Waals surface area contributed by atoms with Gasteiger partial charge in [0.15, 0.2) is 0 Å². The number of carbonyl (C=O) groups is 2. The van der Waals surface area contributed by atoms with Crippen molar-refractivity contribution in [1.29, 1.82) is 0 Å². The van der Waals surface area contributed by atoms with Crippen LogP contribution < -0.4 is 16.2 Å². The summed E-state index contributed by atoms with van der Waals surface area (Å²) in [6.45, 7) is 5.26. The van der Waals surface area contributed by atoms with Gasteiger partial charge in [0.2, 0.25) is 5.91 Å². The van der Waals surface area contributed by atoms with Crippen LogP contribution in [0.5, 0.6) is 0 Å². The Balaban J connectivity index is 1.88. The fraction of sp³-hybridized carbons (Fsp3) is 0.0952. The second-order valence-electron chi connectivity index (χ2n) is 6.18. The number of hydrogen-bond donors (Lipinski definition) is 2. The number of carbonyl (C=O) groups excluding carboxylic acids is 2. The van der Waals surface area contributed by atoms with Crippen molar-refractivity contribution in [2.24, 2.45) is 7.05 Å². The van der Waals surface area contributed by atoms with Crippen molar-refractivity contribution in [3.63, 3.8) is 0 Å². The summed E-state index contributed by atoms with van der Waals surface area (Å²) >= 11 is 0. The zero-order chi connectivity index (χ0) is 19.6. The number of nitrogens with zero attached hydrogens (tertiary/aromatic N) is 1. The van der Waals surface area contributed by atoms with Crippen LogP contribution in [0.15, 0.2) is 66.0 Å². The van der Waals surface area contributed by atoms with Gasteiger partial charge in [-0.1, -0.05) is 12.6 Å². The minimum atomic E-state index is -0.344. The number of fused-ring (bicyclic) bond motifs is 1. The summed E-state index contributed by atoms with van der Waals surface area (Å²) in [7, 11) is 1.71. The van der Waals surface area contributed by atoms with Crippen molar-refractivity contribution in [2.45, 2.75) is 6.92 Å². The average molecular weight is 361 g/mol. The van der Waals surface area contributed by atoms with E-state index >= 15 is 0 Å². The number of amides is 2. The molecule has 3 rings (SSSR count). The molecule has 0 saturated heterocycles. The first kappa shape index (κ1) is 18.1. The van der Waals surface area contributed by atoms with Gasteiger partial charge in [-0.05, 0) is 55.0 Å². The summed E-state index contributed by atoms with van der Waals surface area (Å²) in [4.78, 5) is 35.9. The van der Waals surface area contributed by atoms with Gasteiger partial charge in [-0.15, -0.1) is 0 Å². The van der Waals surface area contributed by atoms with Crippen molar-refractivity contribution in [1.82, 2.24) is 4.57 Å². The van der Waals surface area contributed by atoms with Gasteiger partial charge in [0.05, 0.1) is 5.52 Å². The van der Waals surface area contributed by atoms with E-state index in [2.05, 4.69) is 17.2 Å². The Morgan fingerprint density at radius 2 is 1.78 bits per heavy atom. The van der Waals surface area contributed by atoms with Crippen LogP contribution in [-0.4, -0.2) is 16.4 Å². The molecule has 27 heavy (non-hydrogen) atoms. The predicted octanol–water partition coefficient (Wildman–Crippen LogP) is 3.22. The number of pyridine rings is 1. The molecule has 1 heterocycles. The predicted molar refractivity (Wildman–Crippen MR) is 107 cm³/mol. The average Bonchev–Trinajstić information content (AvgIpc) is 2.66. The summed E-state index contributed by atoms with van der Waals surface area (Å²) in [5.74, 6) is -0.644. The van der Waals surface area contributed by atoms with E-state index in [1.165, 1.54) is 0 Å². The minimum absolute atomic E-state index is 0.0739. The van der Waals surface area contributed by atoms with Crippen molar-refractivity contribution in [2.75, 3.05) is 10.6 Å².